The van der Waals surface area contributed by atoms with Crippen LogP contribution < -0.4 is 14.8 Å². The molecule has 2 heterocycles. The molecule has 0 amide bonds. The van der Waals surface area contributed by atoms with Crippen molar-refractivity contribution in [2.24, 2.45) is 0 Å². The van der Waals surface area contributed by atoms with Crippen LogP contribution in [0.25, 0.3) is 0 Å². The molecule has 0 spiro atoms. The molecule has 0 saturated carbocycles. The Labute approximate surface area is 83.2 Å². The number of hydrogen-bond acceptors (Lipinski definition) is 4. The molecule has 1 atom stereocenters. The molecule has 0 unspecified atom stereocenters. The van der Waals surface area contributed by atoms with Gasteiger partial charge in [-0.15, -0.1) is 0 Å². The van der Waals surface area contributed by atoms with Crippen LogP contribution in [-0.4, -0.2) is 31.3 Å². The third-order valence-electron chi connectivity index (χ3n) is 2.30. The molecule has 1 aromatic rings. The first-order valence-corrected chi connectivity index (χ1v) is 4.75. The van der Waals surface area contributed by atoms with Crippen molar-refractivity contribution in [1.82, 2.24) is 10.3 Å². The fraction of sp³-hybridized carbons (Fsp3) is 0.500. The van der Waals surface area contributed by atoms with Gasteiger partial charge in [-0.1, -0.05) is 0 Å². The number of rotatable bonds is 4. The van der Waals surface area contributed by atoms with E-state index < -0.39 is 0 Å². The molecule has 1 aliphatic heterocycles. The van der Waals surface area contributed by atoms with Crippen molar-refractivity contribution in [2.75, 3.05) is 20.3 Å². The molecule has 2 rings (SSSR count). The Balaban J connectivity index is 1.83. The molecular weight excluding hydrogens is 180 g/mol. The Kier molecular flexibility index (Phi) is 2.84. The van der Waals surface area contributed by atoms with Crippen molar-refractivity contribution in [2.45, 2.75) is 12.5 Å². The number of aromatic nitrogens is 1. The highest BCUT2D eigenvalue weighted by Gasteiger charge is 2.16. The fourth-order valence-corrected chi connectivity index (χ4v) is 1.26. The molecule has 4 nitrogen and oxygen atoms in total. The van der Waals surface area contributed by atoms with Gasteiger partial charge in [0.15, 0.2) is 0 Å². The van der Waals surface area contributed by atoms with Gasteiger partial charge < -0.3 is 14.8 Å². The van der Waals surface area contributed by atoms with Crippen molar-refractivity contribution in [3.63, 3.8) is 0 Å². The summed E-state index contributed by atoms with van der Waals surface area (Å²) in [7, 11) is 1.60. The molecule has 1 aliphatic rings. The van der Waals surface area contributed by atoms with Crippen molar-refractivity contribution < 1.29 is 9.47 Å². The Morgan fingerprint density at radius 3 is 2.93 bits per heavy atom. The van der Waals surface area contributed by atoms with Crippen LogP contribution in [0.5, 0.6) is 11.6 Å². The van der Waals surface area contributed by atoms with Crippen molar-refractivity contribution in [1.29, 1.82) is 0 Å². The van der Waals surface area contributed by atoms with Crippen LogP contribution in [0.15, 0.2) is 18.3 Å². The summed E-state index contributed by atoms with van der Waals surface area (Å²) >= 11 is 0. The van der Waals surface area contributed by atoms with Gasteiger partial charge in [-0.3, -0.25) is 0 Å². The van der Waals surface area contributed by atoms with E-state index in [1.165, 1.54) is 6.42 Å². The molecule has 0 aliphatic carbocycles. The first kappa shape index (κ1) is 9.27. The monoisotopic (exact) mass is 194 g/mol. The second-order valence-corrected chi connectivity index (χ2v) is 3.29. The topological polar surface area (TPSA) is 43.4 Å². The average Bonchev–Trinajstić information content (AvgIpc) is 2.16. The van der Waals surface area contributed by atoms with Gasteiger partial charge in [0.1, 0.15) is 12.4 Å². The molecule has 1 N–H and O–H groups in total. The fourth-order valence-electron chi connectivity index (χ4n) is 1.26. The molecule has 76 valence electrons. The maximum atomic E-state index is 5.53. The molecule has 1 fully saturated rings. The van der Waals surface area contributed by atoms with Gasteiger partial charge in [0.2, 0.25) is 5.88 Å². The first-order valence-electron chi connectivity index (χ1n) is 4.75. The molecule has 1 saturated heterocycles. The highest BCUT2D eigenvalue weighted by Crippen LogP contribution is 2.14. The second kappa shape index (κ2) is 4.28. The maximum Gasteiger partial charge on any atom is 0.213 e. The predicted octanol–water partition coefficient (Wildman–Crippen LogP) is 0.831. The molecule has 4 heteroatoms. The van der Waals surface area contributed by atoms with Crippen LogP contribution in [0, 0.1) is 0 Å². The van der Waals surface area contributed by atoms with E-state index in [4.69, 9.17) is 9.47 Å². The third kappa shape index (κ3) is 2.14. The Morgan fingerprint density at radius 2 is 2.43 bits per heavy atom. The number of hydrogen-bond donors (Lipinski definition) is 1. The SMILES string of the molecule is COc1ccc(OC[C@@H]2CCN2)cn1. The predicted molar refractivity (Wildman–Crippen MR) is 52.7 cm³/mol. The van der Waals surface area contributed by atoms with E-state index in [1.54, 1.807) is 19.4 Å². The lowest BCUT2D eigenvalue weighted by molar-refractivity contribution is 0.216. The maximum absolute atomic E-state index is 5.53. The summed E-state index contributed by atoms with van der Waals surface area (Å²) in [5.41, 5.74) is 0. The molecule has 0 bridgehead atoms. The zero-order chi connectivity index (χ0) is 9.80. The number of methoxy groups -OCH3 is 1. The van der Waals surface area contributed by atoms with Gasteiger partial charge in [-0.05, 0) is 19.0 Å². The summed E-state index contributed by atoms with van der Waals surface area (Å²) in [4.78, 5) is 4.05. The molecule has 0 aromatic carbocycles. The summed E-state index contributed by atoms with van der Waals surface area (Å²) < 4.78 is 10.5. The standard InChI is InChI=1S/C10H14N2O2/c1-13-10-3-2-9(6-12-10)14-7-8-4-5-11-8/h2-3,6,8,11H,4-5,7H2,1H3/t8-/m0/s1. The molecule has 0 radical (unpaired) electrons. The van der Waals surface area contributed by atoms with Crippen LogP contribution in [0.4, 0.5) is 0 Å². The van der Waals surface area contributed by atoms with E-state index >= 15 is 0 Å². The smallest absolute Gasteiger partial charge is 0.213 e. The van der Waals surface area contributed by atoms with E-state index in [1.807, 2.05) is 6.07 Å². The summed E-state index contributed by atoms with van der Waals surface area (Å²) in [6.07, 6.45) is 2.88. The first-order chi connectivity index (χ1) is 6.88. The summed E-state index contributed by atoms with van der Waals surface area (Å²) in [6.45, 7) is 1.82. The Hall–Kier alpha value is -1.29. The number of nitrogens with zero attached hydrogens (tertiary/aromatic N) is 1. The van der Waals surface area contributed by atoms with Gasteiger partial charge in [0.05, 0.1) is 13.3 Å². The molecule has 1 aromatic heterocycles. The third-order valence-corrected chi connectivity index (χ3v) is 2.30. The van der Waals surface area contributed by atoms with Crippen LogP contribution in [-0.2, 0) is 0 Å². The zero-order valence-electron chi connectivity index (χ0n) is 8.19. The van der Waals surface area contributed by atoms with Crippen LogP contribution in [0.2, 0.25) is 0 Å². The van der Waals surface area contributed by atoms with Crippen molar-refractivity contribution >= 4 is 0 Å². The van der Waals surface area contributed by atoms with Gasteiger partial charge in [0.25, 0.3) is 0 Å². The minimum absolute atomic E-state index is 0.511. The highest BCUT2D eigenvalue weighted by atomic mass is 16.5. The van der Waals surface area contributed by atoms with Gasteiger partial charge in [-0.25, -0.2) is 4.98 Å². The molecule has 14 heavy (non-hydrogen) atoms. The summed E-state index contributed by atoms with van der Waals surface area (Å²) in [5.74, 6) is 1.40. The lowest BCUT2D eigenvalue weighted by Crippen LogP contribution is -2.46. The Morgan fingerprint density at radius 1 is 1.57 bits per heavy atom. The Bertz CT molecular complexity index is 283. The normalized spacial score (nSPS) is 19.9. The number of pyridine rings is 1. The number of nitrogens with one attached hydrogen (secondary N) is 1. The highest BCUT2D eigenvalue weighted by molar-refractivity contribution is 5.22. The van der Waals surface area contributed by atoms with E-state index in [-0.39, 0.29) is 0 Å². The van der Waals surface area contributed by atoms with Crippen molar-refractivity contribution in [3.8, 4) is 11.6 Å². The zero-order valence-corrected chi connectivity index (χ0v) is 8.19. The van der Waals surface area contributed by atoms with Crippen molar-refractivity contribution in [3.05, 3.63) is 18.3 Å². The average molecular weight is 194 g/mol. The summed E-state index contributed by atoms with van der Waals surface area (Å²) in [5, 5.41) is 3.27. The molecular formula is C10H14N2O2. The van der Waals surface area contributed by atoms with Gasteiger partial charge >= 0.3 is 0 Å². The van der Waals surface area contributed by atoms with Crippen LogP contribution in [0.1, 0.15) is 6.42 Å². The van der Waals surface area contributed by atoms with E-state index in [2.05, 4.69) is 10.3 Å². The van der Waals surface area contributed by atoms with Gasteiger partial charge in [0, 0.05) is 12.1 Å². The minimum Gasteiger partial charge on any atom is -0.490 e. The lowest BCUT2D eigenvalue weighted by atomic mass is 10.1. The number of ether oxygens (including phenoxy) is 2. The van der Waals surface area contributed by atoms with Gasteiger partial charge in [-0.2, -0.15) is 0 Å². The largest absolute Gasteiger partial charge is 0.490 e. The summed E-state index contributed by atoms with van der Waals surface area (Å²) in [6, 6.07) is 4.17. The van der Waals surface area contributed by atoms with E-state index in [0.717, 1.165) is 12.3 Å². The second-order valence-electron chi connectivity index (χ2n) is 3.29. The van der Waals surface area contributed by atoms with Crippen LogP contribution >= 0.6 is 0 Å². The van der Waals surface area contributed by atoms with E-state index in [9.17, 15) is 0 Å². The minimum atomic E-state index is 0.511. The lowest BCUT2D eigenvalue weighted by Gasteiger charge is -2.27. The van der Waals surface area contributed by atoms with E-state index in [0.29, 0.717) is 18.5 Å². The van der Waals surface area contributed by atoms with Crippen LogP contribution in [0.3, 0.4) is 0 Å². The quantitative estimate of drug-likeness (QED) is 0.771.